The topological polar surface area (TPSA) is 78.0 Å². The lowest BCUT2D eigenvalue weighted by Gasteiger charge is -2.32. The van der Waals surface area contributed by atoms with Crippen LogP contribution in [-0.2, 0) is 11.3 Å². The van der Waals surface area contributed by atoms with Crippen molar-refractivity contribution >= 4 is 11.9 Å². The van der Waals surface area contributed by atoms with Gasteiger partial charge in [0.15, 0.2) is 5.96 Å². The van der Waals surface area contributed by atoms with Crippen LogP contribution >= 0.6 is 0 Å². The van der Waals surface area contributed by atoms with Gasteiger partial charge in [0.2, 0.25) is 5.91 Å². The molecule has 1 aromatic rings. The van der Waals surface area contributed by atoms with Crippen LogP contribution in [0, 0.1) is 0 Å². The van der Waals surface area contributed by atoms with Crippen molar-refractivity contribution < 1.29 is 9.53 Å². The van der Waals surface area contributed by atoms with E-state index < -0.39 is 0 Å². The predicted molar refractivity (Wildman–Crippen MR) is 123 cm³/mol. The molecule has 0 atom stereocenters. The van der Waals surface area contributed by atoms with E-state index in [1.807, 2.05) is 18.2 Å². The lowest BCUT2D eigenvalue weighted by molar-refractivity contribution is -0.122. The van der Waals surface area contributed by atoms with Gasteiger partial charge in [0.05, 0.1) is 6.54 Å². The van der Waals surface area contributed by atoms with Crippen LogP contribution in [0.2, 0.25) is 0 Å². The molecule has 7 nitrogen and oxygen atoms in total. The molecule has 1 aliphatic rings. The Hall–Kier alpha value is -2.28. The molecular weight excluding hydrogens is 378 g/mol. The third-order valence-electron chi connectivity index (χ3n) is 4.93. The predicted octanol–water partition coefficient (Wildman–Crippen LogP) is 2.52. The van der Waals surface area contributed by atoms with Gasteiger partial charge in [0, 0.05) is 44.8 Å². The van der Waals surface area contributed by atoms with Crippen LogP contribution in [0.15, 0.2) is 29.3 Å². The number of carbonyl (C=O) groups excluding carboxylic acids is 1. The minimum absolute atomic E-state index is 0.122. The number of nitrogens with zero attached hydrogens (tertiary/aromatic N) is 2. The summed E-state index contributed by atoms with van der Waals surface area (Å²) in [7, 11) is 1.79. The quantitative estimate of drug-likeness (QED) is 0.448. The summed E-state index contributed by atoms with van der Waals surface area (Å²) in [4.78, 5) is 18.5. The van der Waals surface area contributed by atoms with Crippen molar-refractivity contribution in [3.8, 4) is 5.75 Å². The summed E-state index contributed by atoms with van der Waals surface area (Å²) in [5, 5.41) is 9.88. The second kappa shape index (κ2) is 11.8. The molecule has 1 saturated heterocycles. The molecule has 3 N–H and O–H groups in total. The first kappa shape index (κ1) is 24.0. The molecule has 1 fully saturated rings. The van der Waals surface area contributed by atoms with Crippen molar-refractivity contribution in [3.05, 3.63) is 29.8 Å². The zero-order valence-electron chi connectivity index (χ0n) is 19.3. The van der Waals surface area contributed by atoms with E-state index in [2.05, 4.69) is 59.6 Å². The Morgan fingerprint density at radius 3 is 2.53 bits per heavy atom. The van der Waals surface area contributed by atoms with Crippen molar-refractivity contribution in [2.45, 2.75) is 65.1 Å². The molecule has 1 heterocycles. The number of piperidine rings is 1. The van der Waals surface area contributed by atoms with Crippen LogP contribution in [0.5, 0.6) is 5.75 Å². The third-order valence-corrected chi connectivity index (χ3v) is 4.93. The highest BCUT2D eigenvalue weighted by Gasteiger charge is 2.21. The van der Waals surface area contributed by atoms with Gasteiger partial charge in [-0.25, -0.2) is 0 Å². The molecule has 2 rings (SSSR count). The van der Waals surface area contributed by atoms with E-state index in [9.17, 15) is 4.79 Å². The van der Waals surface area contributed by atoms with Crippen molar-refractivity contribution in [3.63, 3.8) is 0 Å². The van der Waals surface area contributed by atoms with E-state index in [0.29, 0.717) is 19.1 Å². The molecule has 0 aliphatic carbocycles. The molecule has 1 amide bonds. The highest BCUT2D eigenvalue weighted by atomic mass is 16.5. The van der Waals surface area contributed by atoms with E-state index in [0.717, 1.165) is 56.2 Å². The number of carbonyl (C=O) groups is 1. The maximum absolute atomic E-state index is 11.9. The molecule has 0 bridgehead atoms. The molecule has 168 valence electrons. The maximum Gasteiger partial charge on any atom is 0.234 e. The van der Waals surface area contributed by atoms with Crippen LogP contribution in [-0.4, -0.2) is 61.6 Å². The summed E-state index contributed by atoms with van der Waals surface area (Å²) in [6.45, 7) is 11.9. The van der Waals surface area contributed by atoms with Crippen LogP contribution in [0.3, 0.4) is 0 Å². The van der Waals surface area contributed by atoms with Gasteiger partial charge in [-0.15, -0.1) is 0 Å². The number of rotatable bonds is 8. The molecule has 0 aromatic heterocycles. The molecule has 0 spiro atoms. The number of ether oxygens (including phenoxy) is 1. The van der Waals surface area contributed by atoms with Crippen molar-refractivity contribution in [1.29, 1.82) is 0 Å². The van der Waals surface area contributed by atoms with Crippen LogP contribution in [0.4, 0.5) is 0 Å². The smallest absolute Gasteiger partial charge is 0.234 e. The second-order valence-electron chi connectivity index (χ2n) is 8.79. The van der Waals surface area contributed by atoms with Crippen LogP contribution < -0.4 is 20.7 Å². The summed E-state index contributed by atoms with van der Waals surface area (Å²) < 4.78 is 6.08. The first-order valence-corrected chi connectivity index (χ1v) is 11.0. The number of likely N-dealkylation sites (tertiary alicyclic amines) is 1. The average molecular weight is 418 g/mol. The fourth-order valence-electron chi connectivity index (χ4n) is 3.41. The van der Waals surface area contributed by atoms with E-state index in [1.165, 1.54) is 0 Å². The van der Waals surface area contributed by atoms with Crippen LogP contribution in [0.25, 0.3) is 0 Å². The minimum atomic E-state index is -0.239. The Labute approximate surface area is 181 Å². The Kier molecular flexibility index (Phi) is 9.43. The van der Waals surface area contributed by atoms with Crippen LogP contribution in [0.1, 0.15) is 52.5 Å². The molecule has 0 unspecified atom stereocenters. The van der Waals surface area contributed by atoms with E-state index in [4.69, 9.17) is 4.74 Å². The van der Waals surface area contributed by atoms with Crippen molar-refractivity contribution in [2.75, 3.05) is 33.2 Å². The van der Waals surface area contributed by atoms with Gasteiger partial charge in [-0.2, -0.15) is 0 Å². The summed E-state index contributed by atoms with van der Waals surface area (Å²) in [6.07, 6.45) is 2.95. The summed E-state index contributed by atoms with van der Waals surface area (Å²) in [6, 6.07) is 8.45. The molecule has 0 saturated carbocycles. The number of hydrogen-bond donors (Lipinski definition) is 3. The number of para-hydroxylation sites is 1. The Morgan fingerprint density at radius 2 is 1.90 bits per heavy atom. The molecule has 7 heteroatoms. The summed E-state index contributed by atoms with van der Waals surface area (Å²) in [5.41, 5.74) is 0.862. The number of guanidine groups is 1. The van der Waals surface area contributed by atoms with Gasteiger partial charge in [-0.3, -0.25) is 14.7 Å². The van der Waals surface area contributed by atoms with Gasteiger partial charge in [-0.05, 0) is 46.1 Å². The lowest BCUT2D eigenvalue weighted by atomic mass is 10.1. The molecule has 1 aromatic carbocycles. The van der Waals surface area contributed by atoms with E-state index in [-0.39, 0.29) is 11.5 Å². The first-order valence-electron chi connectivity index (χ1n) is 11.0. The molecule has 30 heavy (non-hydrogen) atoms. The monoisotopic (exact) mass is 417 g/mol. The van der Waals surface area contributed by atoms with E-state index >= 15 is 0 Å². The fraction of sp³-hybridized carbons (Fsp3) is 0.652. The highest BCUT2D eigenvalue weighted by molar-refractivity contribution is 5.80. The summed E-state index contributed by atoms with van der Waals surface area (Å²) >= 11 is 0. The zero-order chi connectivity index (χ0) is 22.0. The normalized spacial score (nSPS) is 16.2. The molecule has 0 radical (unpaired) electrons. The number of benzene rings is 1. The van der Waals surface area contributed by atoms with E-state index in [1.54, 1.807) is 7.05 Å². The minimum Gasteiger partial charge on any atom is -0.488 e. The lowest BCUT2D eigenvalue weighted by Crippen LogP contribution is -2.50. The van der Waals surface area contributed by atoms with Gasteiger partial charge >= 0.3 is 0 Å². The Morgan fingerprint density at radius 1 is 1.20 bits per heavy atom. The number of nitrogens with one attached hydrogen (secondary N) is 3. The number of aliphatic imine (C=N–C) groups is 1. The Bertz CT molecular complexity index is 691. The fourth-order valence-corrected chi connectivity index (χ4v) is 3.41. The van der Waals surface area contributed by atoms with Gasteiger partial charge in [0.1, 0.15) is 11.4 Å². The third kappa shape index (κ3) is 8.61. The zero-order valence-corrected chi connectivity index (χ0v) is 19.3. The van der Waals surface area contributed by atoms with Crippen molar-refractivity contribution in [2.24, 2.45) is 4.99 Å². The highest BCUT2D eigenvalue weighted by Crippen LogP contribution is 2.22. The number of amides is 1. The van der Waals surface area contributed by atoms with Gasteiger partial charge in [0.25, 0.3) is 0 Å². The Balaban J connectivity index is 1.79. The average Bonchev–Trinajstić information content (AvgIpc) is 2.70. The standard InChI is InChI=1S/C23H39N5O2/c1-6-13-25-21(29)17-28-14-11-19(12-15-28)27-22(24-5)26-16-18-9-7-8-10-20(18)30-23(2,3)4/h7-10,19H,6,11-17H2,1-5H3,(H,25,29)(H2,24,26,27). The number of hydrogen-bond acceptors (Lipinski definition) is 4. The largest absolute Gasteiger partial charge is 0.488 e. The SMILES string of the molecule is CCCNC(=O)CN1CCC(NC(=NC)NCc2ccccc2OC(C)(C)C)CC1. The van der Waals surface area contributed by atoms with Gasteiger partial charge in [-0.1, -0.05) is 25.1 Å². The van der Waals surface area contributed by atoms with Crippen molar-refractivity contribution in [1.82, 2.24) is 20.9 Å². The first-order chi connectivity index (χ1) is 14.3. The molecule has 1 aliphatic heterocycles. The van der Waals surface area contributed by atoms with Gasteiger partial charge < -0.3 is 20.7 Å². The summed E-state index contributed by atoms with van der Waals surface area (Å²) in [5.74, 6) is 1.80. The molecular formula is C23H39N5O2. The second-order valence-corrected chi connectivity index (χ2v) is 8.79. The maximum atomic E-state index is 11.9.